The fourth-order valence-electron chi connectivity index (χ4n) is 4.03. The molecule has 0 aromatic rings. The zero-order valence-corrected chi connectivity index (χ0v) is 19.6. The predicted molar refractivity (Wildman–Crippen MR) is 122 cm³/mol. The van der Waals surface area contributed by atoms with Crippen LogP contribution in [-0.2, 0) is 0 Å². The number of rotatable bonds is 8. The molecule has 2 aliphatic rings. The highest BCUT2D eigenvalue weighted by Gasteiger charge is 2.17. The van der Waals surface area contributed by atoms with Crippen LogP contribution in [0.25, 0.3) is 0 Å². The summed E-state index contributed by atoms with van der Waals surface area (Å²) >= 11 is 0. The molecule has 2 rings (SSSR count). The highest BCUT2D eigenvalue weighted by Crippen LogP contribution is 2.28. The lowest BCUT2D eigenvalue weighted by Gasteiger charge is -2.20. The molecule has 4 heteroatoms. The number of allylic oxidation sites excluding steroid dienone is 4. The maximum absolute atomic E-state index is 9.57. The molecule has 0 bridgehead atoms. The van der Waals surface area contributed by atoms with Gasteiger partial charge in [-0.2, -0.15) is 10.5 Å². The molecule has 0 aliphatic heterocycles. The molecule has 0 spiro atoms. The van der Waals surface area contributed by atoms with Crippen LogP contribution in [0.4, 0.5) is 0 Å². The van der Waals surface area contributed by atoms with Gasteiger partial charge in [-0.1, -0.05) is 23.3 Å². The van der Waals surface area contributed by atoms with Gasteiger partial charge in [0.2, 0.25) is 0 Å². The van der Waals surface area contributed by atoms with Crippen molar-refractivity contribution < 1.29 is 10.2 Å². The number of nitriles is 2. The first-order valence-corrected chi connectivity index (χ1v) is 11.6. The molecule has 168 valence electrons. The summed E-state index contributed by atoms with van der Waals surface area (Å²) in [6.45, 7) is 7.41. The molecule has 2 aliphatic carbocycles. The molecule has 0 saturated heterocycles. The van der Waals surface area contributed by atoms with Crippen LogP contribution in [0, 0.1) is 34.5 Å². The van der Waals surface area contributed by atoms with E-state index in [-0.39, 0.29) is 11.8 Å². The van der Waals surface area contributed by atoms with Crippen molar-refractivity contribution in [3.8, 4) is 12.1 Å². The Bertz CT molecular complexity index is 650. The third kappa shape index (κ3) is 12.8. The number of hydrogen-bond donors (Lipinski definition) is 2. The van der Waals surface area contributed by atoms with Crippen LogP contribution in [0.15, 0.2) is 23.3 Å². The summed E-state index contributed by atoms with van der Waals surface area (Å²) in [5.41, 5.74) is 1.80. The second-order valence-electron chi connectivity index (χ2n) is 10.3. The van der Waals surface area contributed by atoms with E-state index in [2.05, 4.69) is 24.3 Å². The van der Waals surface area contributed by atoms with Crippen molar-refractivity contribution in [1.82, 2.24) is 0 Å². The van der Waals surface area contributed by atoms with E-state index in [1.807, 2.05) is 27.7 Å². The second kappa shape index (κ2) is 12.9. The van der Waals surface area contributed by atoms with E-state index in [4.69, 9.17) is 10.5 Å². The maximum atomic E-state index is 9.57. The summed E-state index contributed by atoms with van der Waals surface area (Å²) in [5.74, 6) is 0.468. The van der Waals surface area contributed by atoms with Crippen LogP contribution in [0.3, 0.4) is 0 Å². The van der Waals surface area contributed by atoms with Crippen molar-refractivity contribution in [2.24, 2.45) is 11.8 Å². The monoisotopic (exact) mass is 414 g/mol. The Morgan fingerprint density at radius 2 is 1.43 bits per heavy atom. The zero-order valence-electron chi connectivity index (χ0n) is 19.6. The molecule has 2 N–H and O–H groups in total. The SMILES string of the molecule is CC(C)(O)CCCC1=CCC(C#N)CC1.CC(C)(O)CCCC1=CCCC(C#N)C1. The average Bonchev–Trinajstić information content (AvgIpc) is 2.67. The smallest absolute Gasteiger partial charge is 0.0659 e. The largest absolute Gasteiger partial charge is 0.390 e. The van der Waals surface area contributed by atoms with E-state index in [9.17, 15) is 10.2 Å². The van der Waals surface area contributed by atoms with Crippen LogP contribution >= 0.6 is 0 Å². The Balaban J connectivity index is 0.000000300. The molecule has 0 heterocycles. The molecular weight excluding hydrogens is 372 g/mol. The minimum atomic E-state index is -0.552. The molecule has 0 radical (unpaired) electrons. The van der Waals surface area contributed by atoms with Crippen molar-refractivity contribution in [3.63, 3.8) is 0 Å². The Morgan fingerprint density at radius 3 is 1.90 bits per heavy atom. The van der Waals surface area contributed by atoms with E-state index in [1.165, 1.54) is 11.1 Å². The first kappa shape index (κ1) is 26.4. The van der Waals surface area contributed by atoms with Gasteiger partial charge in [0.05, 0.1) is 35.2 Å². The summed E-state index contributed by atoms with van der Waals surface area (Å²) in [6, 6.07) is 4.67. The average molecular weight is 415 g/mol. The Kier molecular flexibility index (Phi) is 11.4. The lowest BCUT2D eigenvalue weighted by molar-refractivity contribution is 0.0682. The third-order valence-corrected chi connectivity index (χ3v) is 5.90. The van der Waals surface area contributed by atoms with E-state index < -0.39 is 11.2 Å². The van der Waals surface area contributed by atoms with Gasteiger partial charge in [-0.25, -0.2) is 0 Å². The van der Waals surface area contributed by atoms with Gasteiger partial charge in [0.25, 0.3) is 0 Å². The van der Waals surface area contributed by atoms with E-state index in [0.29, 0.717) is 0 Å². The second-order valence-corrected chi connectivity index (χ2v) is 10.3. The normalized spacial score (nSPS) is 22.0. The predicted octanol–water partition coefficient (Wildman–Crippen LogP) is 6.36. The molecule has 2 atom stereocenters. The van der Waals surface area contributed by atoms with Crippen LogP contribution in [-0.4, -0.2) is 21.4 Å². The highest BCUT2D eigenvalue weighted by atomic mass is 16.3. The first-order valence-electron chi connectivity index (χ1n) is 11.6. The van der Waals surface area contributed by atoms with Crippen LogP contribution in [0.1, 0.15) is 105 Å². The first-order chi connectivity index (χ1) is 14.0. The topological polar surface area (TPSA) is 88.0 Å². The van der Waals surface area contributed by atoms with Crippen molar-refractivity contribution in [2.75, 3.05) is 0 Å². The maximum Gasteiger partial charge on any atom is 0.0659 e. The highest BCUT2D eigenvalue weighted by molar-refractivity contribution is 5.11. The van der Waals surface area contributed by atoms with Crippen molar-refractivity contribution in [2.45, 2.75) is 116 Å². The molecular formula is C26H42N2O2. The summed E-state index contributed by atoms with van der Waals surface area (Å²) in [4.78, 5) is 0. The lowest BCUT2D eigenvalue weighted by Crippen LogP contribution is -2.18. The summed E-state index contributed by atoms with van der Waals surface area (Å²) < 4.78 is 0. The quantitative estimate of drug-likeness (QED) is 0.453. The summed E-state index contributed by atoms with van der Waals surface area (Å²) in [7, 11) is 0. The minimum Gasteiger partial charge on any atom is -0.390 e. The van der Waals surface area contributed by atoms with Gasteiger partial charge in [0.1, 0.15) is 0 Å². The molecule has 30 heavy (non-hydrogen) atoms. The van der Waals surface area contributed by atoms with Crippen LogP contribution in [0.2, 0.25) is 0 Å². The fourth-order valence-corrected chi connectivity index (χ4v) is 4.03. The number of nitrogens with zero attached hydrogens (tertiary/aromatic N) is 2. The Morgan fingerprint density at radius 1 is 0.867 bits per heavy atom. The number of hydrogen-bond acceptors (Lipinski definition) is 4. The zero-order chi connectivity index (χ0) is 22.6. The van der Waals surface area contributed by atoms with Gasteiger partial charge < -0.3 is 10.2 Å². The van der Waals surface area contributed by atoms with Crippen molar-refractivity contribution in [3.05, 3.63) is 23.3 Å². The summed E-state index contributed by atoms with van der Waals surface area (Å²) in [6.07, 6.45) is 16.4. The fraction of sp³-hybridized carbons (Fsp3) is 0.769. The van der Waals surface area contributed by atoms with E-state index in [0.717, 1.165) is 77.0 Å². The van der Waals surface area contributed by atoms with Gasteiger partial charge in [-0.15, -0.1) is 0 Å². The number of aliphatic hydroxyl groups is 2. The molecule has 0 amide bonds. The summed E-state index contributed by atoms with van der Waals surface area (Å²) in [5, 5.41) is 36.7. The molecule has 2 unspecified atom stereocenters. The third-order valence-electron chi connectivity index (χ3n) is 5.90. The Labute approximate surface area is 184 Å². The van der Waals surface area contributed by atoms with Crippen molar-refractivity contribution >= 4 is 0 Å². The molecule has 0 aromatic carbocycles. The van der Waals surface area contributed by atoms with Crippen LogP contribution in [0.5, 0.6) is 0 Å². The van der Waals surface area contributed by atoms with E-state index >= 15 is 0 Å². The standard InChI is InChI=1S/2C13H21NO/c1-13(2,15)8-4-7-11-5-3-6-12(9-11)10-14;1-13(2,15)9-3-4-11-5-7-12(10-14)8-6-11/h2*5,12,15H,3-4,6-9H2,1-2H3. The molecule has 0 fully saturated rings. The van der Waals surface area contributed by atoms with Gasteiger partial charge >= 0.3 is 0 Å². The van der Waals surface area contributed by atoms with Gasteiger partial charge in [0, 0.05) is 0 Å². The lowest BCUT2D eigenvalue weighted by atomic mass is 9.87. The van der Waals surface area contributed by atoms with Gasteiger partial charge in [-0.05, 0) is 105 Å². The van der Waals surface area contributed by atoms with Gasteiger partial charge in [-0.3, -0.25) is 0 Å². The minimum absolute atomic E-state index is 0.229. The van der Waals surface area contributed by atoms with Crippen molar-refractivity contribution in [1.29, 1.82) is 10.5 Å². The molecule has 4 nitrogen and oxygen atoms in total. The molecule has 0 aromatic heterocycles. The van der Waals surface area contributed by atoms with Crippen LogP contribution < -0.4 is 0 Å². The molecule has 0 saturated carbocycles. The Hall–Kier alpha value is -1.62. The van der Waals surface area contributed by atoms with E-state index in [1.54, 1.807) is 0 Å². The van der Waals surface area contributed by atoms with Gasteiger partial charge in [0.15, 0.2) is 0 Å².